The zero-order chi connectivity index (χ0) is 12.1. The molecule has 0 spiro atoms. The molecule has 1 fully saturated rings. The van der Waals surface area contributed by atoms with E-state index in [1.54, 1.807) is 0 Å². The molecule has 1 aliphatic rings. The Kier molecular flexibility index (Phi) is 4.81. The minimum Gasteiger partial charge on any atom is -0.311 e. The number of hydrogen-bond donors (Lipinski definition) is 1. The molecule has 1 saturated carbocycles. The number of nitrogens with one attached hydrogen (secondary N) is 1. The number of aromatic nitrogens is 1. The Labute approximate surface area is 109 Å². The summed E-state index contributed by atoms with van der Waals surface area (Å²) in [7, 11) is 0. The maximum atomic E-state index is 6.19. The van der Waals surface area contributed by atoms with Gasteiger partial charge in [-0.05, 0) is 50.8 Å². The molecule has 17 heavy (non-hydrogen) atoms. The fraction of sp³-hybridized carbons (Fsp3) is 0.643. The first-order valence-corrected chi connectivity index (χ1v) is 6.95. The van der Waals surface area contributed by atoms with Crippen LogP contribution in [0.1, 0.15) is 37.1 Å². The van der Waals surface area contributed by atoms with Crippen LogP contribution in [0.25, 0.3) is 0 Å². The first-order chi connectivity index (χ1) is 8.24. The van der Waals surface area contributed by atoms with Crippen molar-refractivity contribution in [3.8, 4) is 0 Å². The summed E-state index contributed by atoms with van der Waals surface area (Å²) in [6.45, 7) is 3.96. The normalized spacial score (nSPS) is 24.8. The molecule has 1 aromatic rings. The van der Waals surface area contributed by atoms with Crippen LogP contribution in [-0.2, 0) is 6.54 Å². The molecule has 1 heterocycles. The van der Waals surface area contributed by atoms with Gasteiger partial charge in [-0.15, -0.1) is 11.6 Å². The molecule has 0 saturated heterocycles. The summed E-state index contributed by atoms with van der Waals surface area (Å²) >= 11 is 6.19. The smallest absolute Gasteiger partial charge is 0.0544 e. The van der Waals surface area contributed by atoms with Crippen LogP contribution in [0.15, 0.2) is 18.2 Å². The molecule has 3 heteroatoms. The summed E-state index contributed by atoms with van der Waals surface area (Å²) in [5.74, 6) is 0.746. The number of rotatable bonds is 4. The van der Waals surface area contributed by atoms with Gasteiger partial charge in [0.2, 0.25) is 0 Å². The van der Waals surface area contributed by atoms with Crippen LogP contribution in [-0.4, -0.2) is 16.9 Å². The van der Waals surface area contributed by atoms with Gasteiger partial charge in [-0.1, -0.05) is 12.5 Å². The summed E-state index contributed by atoms with van der Waals surface area (Å²) in [6.07, 6.45) is 4.95. The van der Waals surface area contributed by atoms with Crippen molar-refractivity contribution < 1.29 is 0 Å². The van der Waals surface area contributed by atoms with Crippen molar-refractivity contribution >= 4 is 11.6 Å². The number of aryl methyl sites for hydroxylation is 1. The van der Waals surface area contributed by atoms with Crippen LogP contribution in [0.5, 0.6) is 0 Å². The summed E-state index contributed by atoms with van der Waals surface area (Å²) in [4.78, 5) is 4.48. The van der Waals surface area contributed by atoms with E-state index in [2.05, 4.69) is 22.4 Å². The van der Waals surface area contributed by atoms with Crippen molar-refractivity contribution in [1.82, 2.24) is 10.3 Å². The number of pyridine rings is 1. The average molecular weight is 253 g/mol. The molecule has 2 rings (SSSR count). The maximum absolute atomic E-state index is 6.19. The number of alkyl halides is 1. The van der Waals surface area contributed by atoms with Gasteiger partial charge in [-0.3, -0.25) is 4.98 Å². The Bertz CT molecular complexity index is 354. The summed E-state index contributed by atoms with van der Waals surface area (Å²) in [5, 5.41) is 3.89. The minimum atomic E-state index is 0.396. The van der Waals surface area contributed by atoms with E-state index in [4.69, 9.17) is 11.6 Å². The van der Waals surface area contributed by atoms with Gasteiger partial charge in [0.15, 0.2) is 0 Å². The van der Waals surface area contributed by atoms with E-state index in [0.717, 1.165) is 36.8 Å². The molecular formula is C14H21ClN2. The highest BCUT2D eigenvalue weighted by Gasteiger charge is 2.19. The Morgan fingerprint density at radius 2 is 2.29 bits per heavy atom. The largest absolute Gasteiger partial charge is 0.311 e. The van der Waals surface area contributed by atoms with Crippen molar-refractivity contribution in [3.05, 3.63) is 29.6 Å². The SMILES string of the molecule is Cc1cccc(CNCC2CCCC(Cl)C2)n1. The van der Waals surface area contributed by atoms with Crippen LogP contribution >= 0.6 is 11.6 Å². The molecule has 1 N–H and O–H groups in total. The first kappa shape index (κ1) is 12.8. The van der Waals surface area contributed by atoms with Gasteiger partial charge in [0, 0.05) is 17.6 Å². The molecule has 2 atom stereocenters. The van der Waals surface area contributed by atoms with Crippen LogP contribution in [0.4, 0.5) is 0 Å². The number of hydrogen-bond acceptors (Lipinski definition) is 2. The van der Waals surface area contributed by atoms with Crippen molar-refractivity contribution in [1.29, 1.82) is 0 Å². The third kappa shape index (κ3) is 4.29. The van der Waals surface area contributed by atoms with Gasteiger partial charge < -0.3 is 5.32 Å². The zero-order valence-electron chi connectivity index (χ0n) is 10.5. The van der Waals surface area contributed by atoms with E-state index in [0.29, 0.717) is 5.38 Å². The van der Waals surface area contributed by atoms with Crippen LogP contribution in [0.3, 0.4) is 0 Å². The molecule has 0 amide bonds. The lowest BCUT2D eigenvalue weighted by Gasteiger charge is -2.25. The Balaban J connectivity index is 1.72. The van der Waals surface area contributed by atoms with Gasteiger partial charge in [-0.25, -0.2) is 0 Å². The lowest BCUT2D eigenvalue weighted by atomic mass is 9.89. The van der Waals surface area contributed by atoms with E-state index in [9.17, 15) is 0 Å². The zero-order valence-corrected chi connectivity index (χ0v) is 11.2. The number of halogens is 1. The second-order valence-corrected chi connectivity index (χ2v) is 5.65. The van der Waals surface area contributed by atoms with Crippen molar-refractivity contribution in [3.63, 3.8) is 0 Å². The van der Waals surface area contributed by atoms with Crippen LogP contribution in [0, 0.1) is 12.8 Å². The van der Waals surface area contributed by atoms with Crippen molar-refractivity contribution in [2.24, 2.45) is 5.92 Å². The maximum Gasteiger partial charge on any atom is 0.0544 e. The third-order valence-electron chi connectivity index (χ3n) is 3.40. The van der Waals surface area contributed by atoms with Gasteiger partial charge in [0.05, 0.1) is 5.69 Å². The standard InChI is InChI=1S/C14H21ClN2/c1-11-4-2-7-14(17-11)10-16-9-12-5-3-6-13(15)8-12/h2,4,7,12-13,16H,3,5-6,8-10H2,1H3. The quantitative estimate of drug-likeness (QED) is 0.832. The molecule has 0 radical (unpaired) electrons. The molecule has 1 aromatic heterocycles. The molecule has 0 bridgehead atoms. The Morgan fingerprint density at radius 3 is 3.06 bits per heavy atom. The molecule has 0 aromatic carbocycles. The predicted octanol–water partition coefficient (Wildman–Crippen LogP) is 3.28. The van der Waals surface area contributed by atoms with E-state index >= 15 is 0 Å². The molecule has 2 unspecified atom stereocenters. The summed E-state index contributed by atoms with van der Waals surface area (Å²) in [6, 6.07) is 6.17. The number of nitrogens with zero attached hydrogens (tertiary/aromatic N) is 1. The van der Waals surface area contributed by atoms with Gasteiger partial charge >= 0.3 is 0 Å². The lowest BCUT2D eigenvalue weighted by Crippen LogP contribution is -2.27. The second kappa shape index (κ2) is 6.36. The van der Waals surface area contributed by atoms with Crippen LogP contribution in [0.2, 0.25) is 0 Å². The van der Waals surface area contributed by atoms with E-state index < -0.39 is 0 Å². The third-order valence-corrected chi connectivity index (χ3v) is 3.80. The molecule has 94 valence electrons. The van der Waals surface area contributed by atoms with Gasteiger partial charge in [0.25, 0.3) is 0 Å². The van der Waals surface area contributed by atoms with E-state index in [-0.39, 0.29) is 0 Å². The minimum absolute atomic E-state index is 0.396. The lowest BCUT2D eigenvalue weighted by molar-refractivity contribution is 0.345. The second-order valence-electron chi connectivity index (χ2n) is 5.03. The molecule has 2 nitrogen and oxygen atoms in total. The fourth-order valence-corrected chi connectivity index (χ4v) is 2.92. The topological polar surface area (TPSA) is 24.9 Å². The summed E-state index contributed by atoms with van der Waals surface area (Å²) < 4.78 is 0. The van der Waals surface area contributed by atoms with Crippen molar-refractivity contribution in [2.45, 2.75) is 44.5 Å². The highest BCUT2D eigenvalue weighted by Crippen LogP contribution is 2.27. The van der Waals surface area contributed by atoms with Gasteiger partial charge in [-0.2, -0.15) is 0 Å². The fourth-order valence-electron chi connectivity index (χ4n) is 2.51. The van der Waals surface area contributed by atoms with E-state index in [1.807, 2.05) is 13.0 Å². The molecular weight excluding hydrogens is 232 g/mol. The Morgan fingerprint density at radius 1 is 1.41 bits per heavy atom. The highest BCUT2D eigenvalue weighted by atomic mass is 35.5. The van der Waals surface area contributed by atoms with Crippen LogP contribution < -0.4 is 5.32 Å². The first-order valence-electron chi connectivity index (χ1n) is 6.51. The van der Waals surface area contributed by atoms with E-state index in [1.165, 1.54) is 19.3 Å². The molecule has 0 aliphatic heterocycles. The van der Waals surface area contributed by atoms with Crippen molar-refractivity contribution in [2.75, 3.05) is 6.54 Å². The Hall–Kier alpha value is -0.600. The predicted molar refractivity (Wildman–Crippen MR) is 72.3 cm³/mol. The monoisotopic (exact) mass is 252 g/mol. The highest BCUT2D eigenvalue weighted by molar-refractivity contribution is 6.20. The van der Waals surface area contributed by atoms with Gasteiger partial charge in [0.1, 0.15) is 0 Å². The summed E-state index contributed by atoms with van der Waals surface area (Å²) in [5.41, 5.74) is 2.21. The molecule has 1 aliphatic carbocycles. The average Bonchev–Trinajstić information content (AvgIpc) is 2.29.